The van der Waals surface area contributed by atoms with E-state index in [1.54, 1.807) is 0 Å². The van der Waals surface area contributed by atoms with Crippen LogP contribution in [-0.4, -0.2) is 41.7 Å². The highest BCUT2D eigenvalue weighted by Gasteiger charge is 2.55. The molecule has 0 saturated heterocycles. The minimum Gasteiger partial charge on any atom is -0.469 e. The van der Waals surface area contributed by atoms with Crippen LogP contribution in [0.4, 0.5) is 0 Å². The molecule has 10 heteroatoms. The van der Waals surface area contributed by atoms with E-state index >= 15 is 0 Å². The average molecular weight is 278 g/mol. The van der Waals surface area contributed by atoms with Gasteiger partial charge in [0, 0.05) is 0 Å². The van der Waals surface area contributed by atoms with Gasteiger partial charge in [0.05, 0.1) is 49.7 Å². The standard InChI is InChI=1S/C9H14N2O8/c1-18-7(12)3-5-9(10(14)15,11(16)17)6-4-8(13)19-2/h3-6H2,1-2H3. The Balaban J connectivity index is 4.98. The number of carbonyl (C=O) groups is 2. The summed E-state index contributed by atoms with van der Waals surface area (Å²) in [7, 11) is 2.13. The molecule has 0 unspecified atom stereocenters. The van der Waals surface area contributed by atoms with Crippen LogP contribution in [0.25, 0.3) is 0 Å². The molecular weight excluding hydrogens is 264 g/mol. The van der Waals surface area contributed by atoms with Gasteiger partial charge in [-0.05, 0) is 0 Å². The molecule has 0 aromatic heterocycles. The fraction of sp³-hybridized carbons (Fsp3) is 0.778. The lowest BCUT2D eigenvalue weighted by Gasteiger charge is -2.16. The average Bonchev–Trinajstić information content (AvgIpc) is 2.37. The predicted octanol–water partition coefficient (Wildman–Crippen LogP) is 0.143. The summed E-state index contributed by atoms with van der Waals surface area (Å²) in [4.78, 5) is 41.5. The summed E-state index contributed by atoms with van der Waals surface area (Å²) in [6, 6.07) is 0. The van der Waals surface area contributed by atoms with Crippen LogP contribution in [0.3, 0.4) is 0 Å². The molecule has 0 aromatic carbocycles. The summed E-state index contributed by atoms with van der Waals surface area (Å²) >= 11 is 0. The SMILES string of the molecule is COC(=O)CCC(CCC(=O)OC)([N+](=O)[O-])[N+](=O)[O-]. The first kappa shape index (κ1) is 16.7. The first-order valence-corrected chi connectivity index (χ1v) is 5.22. The van der Waals surface area contributed by atoms with Gasteiger partial charge >= 0.3 is 17.6 Å². The maximum atomic E-state index is 10.9. The summed E-state index contributed by atoms with van der Waals surface area (Å²) in [5.41, 5.74) is -2.59. The number of methoxy groups -OCH3 is 2. The lowest BCUT2D eigenvalue weighted by molar-refractivity contribution is -0.798. The third-order valence-electron chi connectivity index (χ3n) is 2.59. The molecule has 0 aromatic rings. The van der Waals surface area contributed by atoms with Crippen LogP contribution in [0.15, 0.2) is 0 Å². The van der Waals surface area contributed by atoms with Crippen molar-refractivity contribution in [3.8, 4) is 0 Å². The summed E-state index contributed by atoms with van der Waals surface area (Å²) in [6.07, 6.45) is -2.29. The van der Waals surface area contributed by atoms with Crippen LogP contribution in [0.5, 0.6) is 0 Å². The lowest BCUT2D eigenvalue weighted by Crippen LogP contribution is -2.47. The Labute approximate surface area is 108 Å². The van der Waals surface area contributed by atoms with Crippen molar-refractivity contribution in [3.05, 3.63) is 20.2 Å². The smallest absolute Gasteiger partial charge is 0.459 e. The molecule has 0 bridgehead atoms. The third-order valence-corrected chi connectivity index (χ3v) is 2.59. The third kappa shape index (κ3) is 4.48. The predicted molar refractivity (Wildman–Crippen MR) is 59.2 cm³/mol. The van der Waals surface area contributed by atoms with Crippen molar-refractivity contribution >= 4 is 11.9 Å². The largest absolute Gasteiger partial charge is 0.469 e. The molecule has 0 spiro atoms. The van der Waals surface area contributed by atoms with Crippen molar-refractivity contribution < 1.29 is 28.9 Å². The molecule has 10 nitrogen and oxygen atoms in total. The van der Waals surface area contributed by atoms with Gasteiger partial charge in [-0.3, -0.25) is 29.8 Å². The number of rotatable bonds is 8. The Kier molecular flexibility index (Phi) is 6.38. The van der Waals surface area contributed by atoms with E-state index in [2.05, 4.69) is 9.47 Å². The van der Waals surface area contributed by atoms with Crippen LogP contribution in [-0.2, 0) is 19.1 Å². The summed E-state index contributed by atoms with van der Waals surface area (Å²) in [5.74, 6) is -1.60. The van der Waals surface area contributed by atoms with Crippen molar-refractivity contribution in [2.75, 3.05) is 14.2 Å². The van der Waals surface area contributed by atoms with Gasteiger partial charge in [-0.25, -0.2) is 0 Å². The Morgan fingerprint density at radius 2 is 1.26 bits per heavy atom. The van der Waals surface area contributed by atoms with Gasteiger partial charge in [0.2, 0.25) is 0 Å². The summed E-state index contributed by atoms with van der Waals surface area (Å²) < 4.78 is 8.55. The minimum absolute atomic E-state index is 0.486. The van der Waals surface area contributed by atoms with Crippen molar-refractivity contribution in [3.63, 3.8) is 0 Å². The van der Waals surface area contributed by atoms with Gasteiger partial charge < -0.3 is 9.47 Å². The van der Waals surface area contributed by atoms with Crippen LogP contribution in [0.1, 0.15) is 25.7 Å². The van der Waals surface area contributed by atoms with E-state index < -0.39 is 53.1 Å². The van der Waals surface area contributed by atoms with Crippen LogP contribution in [0.2, 0.25) is 0 Å². The quantitative estimate of drug-likeness (QED) is 0.264. The molecule has 108 valence electrons. The van der Waals surface area contributed by atoms with E-state index in [0.717, 1.165) is 14.2 Å². The number of carbonyl (C=O) groups excluding carboxylic acids is 2. The van der Waals surface area contributed by atoms with E-state index in [1.165, 1.54) is 0 Å². The molecule has 0 aliphatic carbocycles. The maximum Gasteiger partial charge on any atom is 0.459 e. The number of esters is 2. The molecule has 19 heavy (non-hydrogen) atoms. The summed E-state index contributed by atoms with van der Waals surface area (Å²) in [6.45, 7) is 0. The first-order valence-electron chi connectivity index (χ1n) is 5.22. The maximum absolute atomic E-state index is 10.9. The molecule has 0 atom stereocenters. The number of hydrogen-bond acceptors (Lipinski definition) is 8. The zero-order valence-electron chi connectivity index (χ0n) is 10.5. The second kappa shape index (κ2) is 7.24. The van der Waals surface area contributed by atoms with Crippen molar-refractivity contribution in [2.24, 2.45) is 0 Å². The Morgan fingerprint density at radius 1 is 0.947 bits per heavy atom. The zero-order chi connectivity index (χ0) is 15.1. The number of nitro groups is 2. The highest BCUT2D eigenvalue weighted by Crippen LogP contribution is 2.25. The van der Waals surface area contributed by atoms with Gasteiger partial charge in [0.1, 0.15) is 0 Å². The number of nitrogens with zero attached hydrogens (tertiary/aromatic N) is 2. The molecule has 0 rings (SSSR count). The first-order chi connectivity index (χ1) is 8.80. The minimum atomic E-state index is -2.59. The number of hydrogen-bond donors (Lipinski definition) is 0. The van der Waals surface area contributed by atoms with Gasteiger partial charge in [-0.2, -0.15) is 0 Å². The topological polar surface area (TPSA) is 139 Å². The van der Waals surface area contributed by atoms with Gasteiger partial charge in [0.25, 0.3) is 0 Å². The lowest BCUT2D eigenvalue weighted by atomic mass is 9.99. The molecule has 0 radical (unpaired) electrons. The van der Waals surface area contributed by atoms with Crippen LogP contribution < -0.4 is 0 Å². The number of ether oxygens (including phenoxy) is 2. The van der Waals surface area contributed by atoms with E-state index in [1.807, 2.05) is 0 Å². The molecule has 0 saturated carbocycles. The zero-order valence-corrected chi connectivity index (χ0v) is 10.5. The fourth-order valence-corrected chi connectivity index (χ4v) is 1.37. The molecule has 0 aliphatic heterocycles. The van der Waals surface area contributed by atoms with E-state index in [9.17, 15) is 29.8 Å². The van der Waals surface area contributed by atoms with Crippen LogP contribution in [0, 0.1) is 20.2 Å². The van der Waals surface area contributed by atoms with Gasteiger partial charge in [0.15, 0.2) is 0 Å². The Bertz CT molecular complexity index is 344. The Hall–Kier alpha value is -2.26. The Morgan fingerprint density at radius 3 is 1.47 bits per heavy atom. The molecule has 0 heterocycles. The van der Waals surface area contributed by atoms with Crippen molar-refractivity contribution in [1.29, 1.82) is 0 Å². The second-order valence-corrected chi connectivity index (χ2v) is 3.65. The van der Waals surface area contributed by atoms with Crippen LogP contribution >= 0.6 is 0 Å². The molecular formula is C9H14N2O8. The molecule has 0 aliphatic rings. The normalized spacial score (nSPS) is 10.6. The van der Waals surface area contributed by atoms with Gasteiger partial charge in [-0.15, -0.1) is 0 Å². The summed E-state index contributed by atoms with van der Waals surface area (Å²) in [5, 5.41) is 21.8. The van der Waals surface area contributed by atoms with E-state index in [4.69, 9.17) is 0 Å². The second-order valence-electron chi connectivity index (χ2n) is 3.65. The van der Waals surface area contributed by atoms with Crippen molar-refractivity contribution in [1.82, 2.24) is 0 Å². The van der Waals surface area contributed by atoms with Crippen molar-refractivity contribution in [2.45, 2.75) is 31.3 Å². The highest BCUT2D eigenvalue weighted by molar-refractivity contribution is 5.69. The molecule has 0 fully saturated rings. The van der Waals surface area contributed by atoms with Gasteiger partial charge in [-0.1, -0.05) is 0 Å². The highest BCUT2D eigenvalue weighted by atomic mass is 16.7. The molecule has 0 amide bonds. The van der Waals surface area contributed by atoms with E-state index in [-0.39, 0.29) is 0 Å². The fourth-order valence-electron chi connectivity index (χ4n) is 1.37. The monoisotopic (exact) mass is 278 g/mol. The van der Waals surface area contributed by atoms with E-state index in [0.29, 0.717) is 0 Å². The molecule has 0 N–H and O–H groups in total.